The fourth-order valence-corrected chi connectivity index (χ4v) is 3.01. The summed E-state index contributed by atoms with van der Waals surface area (Å²) in [6.07, 6.45) is 0. The van der Waals surface area contributed by atoms with Gasteiger partial charge in [-0.05, 0) is 17.7 Å². The predicted molar refractivity (Wildman–Crippen MR) is 85.0 cm³/mol. The molecule has 0 unspecified atom stereocenters. The number of aliphatic hydroxyl groups is 1. The molecule has 1 aromatic rings. The molecule has 2 N–H and O–H groups in total. The second-order valence-electron chi connectivity index (χ2n) is 5.71. The molecule has 1 saturated heterocycles. The van der Waals surface area contributed by atoms with E-state index in [0.717, 1.165) is 5.69 Å². The highest BCUT2D eigenvalue weighted by Crippen LogP contribution is 2.40. The summed E-state index contributed by atoms with van der Waals surface area (Å²) in [5.41, 5.74) is 1.20. The third-order valence-corrected chi connectivity index (χ3v) is 4.25. The van der Waals surface area contributed by atoms with Crippen LogP contribution in [0, 0.1) is 0 Å². The first-order valence-corrected chi connectivity index (χ1v) is 7.65. The van der Waals surface area contributed by atoms with Gasteiger partial charge < -0.3 is 15.3 Å². The number of rotatable bonds is 5. The first-order valence-electron chi connectivity index (χ1n) is 7.27. The Morgan fingerprint density at radius 2 is 2.00 bits per heavy atom. The van der Waals surface area contributed by atoms with E-state index in [9.17, 15) is 8.78 Å². The Balaban J connectivity index is 2.40. The normalized spacial score (nSPS) is 18.3. The van der Waals surface area contributed by atoms with Crippen LogP contribution in [0.2, 0.25) is 5.02 Å². The Labute approximate surface area is 134 Å². The minimum atomic E-state index is -3.25. The molecule has 0 aromatic heterocycles. The van der Waals surface area contributed by atoms with Crippen LogP contribution in [0.3, 0.4) is 0 Å². The summed E-state index contributed by atoms with van der Waals surface area (Å²) in [6.45, 7) is 1.07. The predicted octanol–water partition coefficient (Wildman–Crippen LogP) is 1.98. The maximum atomic E-state index is 14.3. The molecular weight excluding hydrogens is 312 g/mol. The van der Waals surface area contributed by atoms with Crippen LogP contribution in [0.4, 0.5) is 14.5 Å². The van der Waals surface area contributed by atoms with Crippen molar-refractivity contribution in [1.82, 2.24) is 10.2 Å². The molecule has 1 aromatic carbocycles. The Kier molecular flexibility index (Phi) is 5.60. The number of hydrogen-bond acceptors (Lipinski definition) is 4. The molecule has 1 aliphatic rings. The zero-order valence-electron chi connectivity index (χ0n) is 12.8. The van der Waals surface area contributed by atoms with Crippen LogP contribution >= 0.6 is 11.6 Å². The van der Waals surface area contributed by atoms with E-state index >= 15 is 0 Å². The van der Waals surface area contributed by atoms with Crippen molar-refractivity contribution in [2.24, 2.45) is 0 Å². The van der Waals surface area contributed by atoms with E-state index in [-0.39, 0.29) is 0 Å². The number of benzene rings is 1. The molecule has 22 heavy (non-hydrogen) atoms. The van der Waals surface area contributed by atoms with E-state index in [1.165, 1.54) is 0 Å². The summed E-state index contributed by atoms with van der Waals surface area (Å²) in [4.78, 5) is 3.54. The molecule has 0 bridgehead atoms. The van der Waals surface area contributed by atoms with Crippen molar-refractivity contribution in [3.63, 3.8) is 0 Å². The second-order valence-corrected chi connectivity index (χ2v) is 6.12. The highest BCUT2D eigenvalue weighted by molar-refractivity contribution is 6.31. The number of nitrogens with one attached hydrogen (secondary N) is 1. The minimum absolute atomic E-state index is 0.294. The molecule has 0 radical (unpaired) electrons. The Morgan fingerprint density at radius 1 is 1.36 bits per heavy atom. The van der Waals surface area contributed by atoms with E-state index < -0.39 is 18.6 Å². The number of aliphatic hydroxyl groups excluding tert-OH is 1. The molecule has 1 aliphatic heterocycles. The number of halogens is 3. The van der Waals surface area contributed by atoms with Gasteiger partial charge in [0, 0.05) is 51.0 Å². The van der Waals surface area contributed by atoms with Gasteiger partial charge in [-0.2, -0.15) is 0 Å². The molecule has 4 nitrogen and oxygen atoms in total. The SMILES string of the molecule is CN(C)c1ccc([C@H](N2CCNCC2)C(F)(F)CO)c(Cl)c1. The van der Waals surface area contributed by atoms with Crippen molar-refractivity contribution in [2.75, 3.05) is 51.8 Å². The lowest BCUT2D eigenvalue weighted by atomic mass is 9.97. The van der Waals surface area contributed by atoms with Gasteiger partial charge in [-0.15, -0.1) is 0 Å². The molecule has 0 spiro atoms. The molecule has 124 valence electrons. The summed E-state index contributed by atoms with van der Waals surface area (Å²) < 4.78 is 28.7. The van der Waals surface area contributed by atoms with Gasteiger partial charge in [0.1, 0.15) is 12.6 Å². The van der Waals surface area contributed by atoms with E-state index in [2.05, 4.69) is 5.32 Å². The van der Waals surface area contributed by atoms with Gasteiger partial charge >= 0.3 is 0 Å². The zero-order valence-corrected chi connectivity index (χ0v) is 13.6. The maximum Gasteiger partial charge on any atom is 0.289 e. The van der Waals surface area contributed by atoms with Crippen molar-refractivity contribution in [2.45, 2.75) is 12.0 Å². The van der Waals surface area contributed by atoms with Crippen molar-refractivity contribution >= 4 is 17.3 Å². The van der Waals surface area contributed by atoms with Gasteiger partial charge in [-0.1, -0.05) is 17.7 Å². The van der Waals surface area contributed by atoms with Gasteiger partial charge in [0.05, 0.1) is 0 Å². The van der Waals surface area contributed by atoms with Gasteiger partial charge in [0.2, 0.25) is 0 Å². The average Bonchev–Trinajstić information content (AvgIpc) is 2.50. The molecule has 0 saturated carbocycles. The fraction of sp³-hybridized carbons (Fsp3) is 0.600. The van der Waals surface area contributed by atoms with E-state index in [1.807, 2.05) is 19.0 Å². The van der Waals surface area contributed by atoms with E-state index in [0.29, 0.717) is 36.8 Å². The summed E-state index contributed by atoms with van der Waals surface area (Å²) >= 11 is 6.27. The number of piperazine rings is 1. The largest absolute Gasteiger partial charge is 0.390 e. The quantitative estimate of drug-likeness (QED) is 0.864. The minimum Gasteiger partial charge on any atom is -0.390 e. The van der Waals surface area contributed by atoms with Crippen LogP contribution in [-0.2, 0) is 0 Å². The number of nitrogens with zero attached hydrogens (tertiary/aromatic N) is 2. The average molecular weight is 334 g/mol. The topological polar surface area (TPSA) is 38.7 Å². The summed E-state index contributed by atoms with van der Waals surface area (Å²) in [5.74, 6) is -3.25. The van der Waals surface area contributed by atoms with Gasteiger partial charge in [-0.25, -0.2) is 8.78 Å². The molecule has 1 fully saturated rings. The number of anilines is 1. The molecular formula is C15H22ClF2N3O. The molecule has 7 heteroatoms. The third kappa shape index (κ3) is 3.68. The number of hydrogen-bond donors (Lipinski definition) is 2. The van der Waals surface area contributed by atoms with E-state index in [1.54, 1.807) is 23.1 Å². The van der Waals surface area contributed by atoms with Crippen LogP contribution in [0.1, 0.15) is 11.6 Å². The smallest absolute Gasteiger partial charge is 0.289 e. The highest BCUT2D eigenvalue weighted by atomic mass is 35.5. The summed E-state index contributed by atoms with van der Waals surface area (Å²) in [7, 11) is 3.73. The molecule has 1 atom stereocenters. The summed E-state index contributed by atoms with van der Waals surface area (Å²) in [6, 6.07) is 3.86. The van der Waals surface area contributed by atoms with Crippen molar-refractivity contribution < 1.29 is 13.9 Å². The Bertz CT molecular complexity index is 508. The van der Waals surface area contributed by atoms with Gasteiger partial charge in [0.15, 0.2) is 0 Å². The molecule has 1 heterocycles. The summed E-state index contributed by atoms with van der Waals surface area (Å²) in [5, 5.41) is 12.6. The van der Waals surface area contributed by atoms with Gasteiger partial charge in [-0.3, -0.25) is 4.90 Å². The van der Waals surface area contributed by atoms with Crippen LogP contribution in [0.15, 0.2) is 18.2 Å². The first kappa shape index (κ1) is 17.4. The number of alkyl halides is 2. The monoisotopic (exact) mass is 333 g/mol. The highest BCUT2D eigenvalue weighted by Gasteiger charge is 2.44. The van der Waals surface area contributed by atoms with Crippen LogP contribution in [0.25, 0.3) is 0 Å². The van der Waals surface area contributed by atoms with Gasteiger partial charge in [0.25, 0.3) is 5.92 Å². The Morgan fingerprint density at radius 3 is 2.50 bits per heavy atom. The lowest BCUT2D eigenvalue weighted by Crippen LogP contribution is -2.51. The van der Waals surface area contributed by atoms with Crippen LogP contribution in [-0.4, -0.2) is 62.8 Å². The molecule has 2 rings (SSSR count). The van der Waals surface area contributed by atoms with Crippen molar-refractivity contribution in [3.8, 4) is 0 Å². The first-order chi connectivity index (χ1) is 10.4. The van der Waals surface area contributed by atoms with Crippen molar-refractivity contribution in [1.29, 1.82) is 0 Å². The lowest BCUT2D eigenvalue weighted by molar-refractivity contribution is -0.118. The second kappa shape index (κ2) is 7.08. The van der Waals surface area contributed by atoms with Crippen molar-refractivity contribution in [3.05, 3.63) is 28.8 Å². The molecule has 0 aliphatic carbocycles. The standard InChI is InChI=1S/C15H22ClF2N3O/c1-20(2)11-3-4-12(13(16)9-11)14(15(17,18)10-22)21-7-5-19-6-8-21/h3-4,9,14,19,22H,5-8,10H2,1-2H3/t14-/m0/s1. The van der Waals surface area contributed by atoms with Crippen LogP contribution < -0.4 is 10.2 Å². The third-order valence-electron chi connectivity index (χ3n) is 3.92. The molecule has 0 amide bonds. The zero-order chi connectivity index (χ0) is 16.3. The Hall–Kier alpha value is -0.950. The van der Waals surface area contributed by atoms with Crippen LogP contribution in [0.5, 0.6) is 0 Å². The fourth-order valence-electron chi connectivity index (χ4n) is 2.73. The maximum absolute atomic E-state index is 14.3. The lowest BCUT2D eigenvalue weighted by Gasteiger charge is -2.39. The van der Waals surface area contributed by atoms with E-state index in [4.69, 9.17) is 16.7 Å².